The number of nitrogens with zero attached hydrogens (tertiary/aromatic N) is 2. The van der Waals surface area contributed by atoms with Gasteiger partial charge in [-0.15, -0.1) is 0 Å². The van der Waals surface area contributed by atoms with E-state index >= 15 is 0 Å². The summed E-state index contributed by atoms with van der Waals surface area (Å²) in [5.41, 5.74) is 1.56. The topological polar surface area (TPSA) is 15.5 Å². The van der Waals surface area contributed by atoms with E-state index in [4.69, 9.17) is 4.74 Å². The minimum absolute atomic E-state index is 0.799. The van der Waals surface area contributed by atoms with E-state index in [1.54, 1.807) is 5.71 Å². The van der Waals surface area contributed by atoms with Gasteiger partial charge in [-0.25, -0.2) is 4.58 Å². The van der Waals surface area contributed by atoms with E-state index in [0.717, 1.165) is 31.7 Å². The number of hydrogen-bond acceptors (Lipinski definition) is 2. The zero-order chi connectivity index (χ0) is 13.8. The first-order valence-electron chi connectivity index (χ1n) is 8.70. The van der Waals surface area contributed by atoms with Crippen molar-refractivity contribution in [2.75, 3.05) is 39.9 Å². The van der Waals surface area contributed by atoms with Crippen molar-refractivity contribution in [3.05, 3.63) is 0 Å². The van der Waals surface area contributed by atoms with Crippen LogP contribution in [0.15, 0.2) is 0 Å². The summed E-state index contributed by atoms with van der Waals surface area (Å²) in [4.78, 5) is 2.54. The normalized spacial score (nSPS) is 31.6. The molecule has 2 bridgehead atoms. The van der Waals surface area contributed by atoms with Crippen LogP contribution in [0.1, 0.15) is 51.4 Å². The lowest BCUT2D eigenvalue weighted by molar-refractivity contribution is -0.548. The van der Waals surface area contributed by atoms with Gasteiger partial charge in [0, 0.05) is 25.8 Å². The lowest BCUT2D eigenvalue weighted by atomic mass is 9.89. The van der Waals surface area contributed by atoms with Crippen LogP contribution in [0.2, 0.25) is 0 Å². The summed E-state index contributed by atoms with van der Waals surface area (Å²) in [7, 11) is 2.30. The maximum Gasteiger partial charge on any atom is 0.178 e. The monoisotopic (exact) mass is 279 g/mol. The van der Waals surface area contributed by atoms with Gasteiger partial charge in [-0.3, -0.25) is 0 Å². The first-order valence-corrected chi connectivity index (χ1v) is 8.70. The van der Waals surface area contributed by atoms with Gasteiger partial charge in [0.1, 0.15) is 13.7 Å². The number of likely N-dealkylation sites (tertiary alicyclic amines) is 1. The highest BCUT2D eigenvalue weighted by atomic mass is 16.5. The molecule has 0 radical (unpaired) electrons. The average molecular weight is 279 g/mol. The van der Waals surface area contributed by atoms with Gasteiger partial charge in [-0.2, -0.15) is 0 Å². The number of ether oxygens (including phenoxy) is 1. The second-order valence-corrected chi connectivity index (χ2v) is 7.02. The molecule has 2 unspecified atom stereocenters. The van der Waals surface area contributed by atoms with E-state index in [-0.39, 0.29) is 0 Å². The van der Waals surface area contributed by atoms with Crippen molar-refractivity contribution in [3.8, 4) is 0 Å². The Labute approximate surface area is 124 Å². The fraction of sp³-hybridized carbons (Fsp3) is 0.941. The molecule has 20 heavy (non-hydrogen) atoms. The second kappa shape index (κ2) is 7.04. The summed E-state index contributed by atoms with van der Waals surface area (Å²) >= 11 is 0. The third-order valence-electron chi connectivity index (χ3n) is 5.60. The Morgan fingerprint density at radius 1 is 1.15 bits per heavy atom. The summed E-state index contributed by atoms with van der Waals surface area (Å²) in [6, 6.07) is 0.799. The van der Waals surface area contributed by atoms with Crippen LogP contribution in [0, 0.1) is 5.92 Å². The molecule has 0 aromatic heterocycles. The predicted molar refractivity (Wildman–Crippen MR) is 82.7 cm³/mol. The summed E-state index contributed by atoms with van der Waals surface area (Å²) in [5, 5.41) is 0. The molecule has 2 heterocycles. The predicted octanol–water partition coefficient (Wildman–Crippen LogP) is 2.53. The fourth-order valence-electron chi connectivity index (χ4n) is 4.26. The minimum atomic E-state index is 0.799. The number of fused-ring (bicyclic) bond motifs is 2. The van der Waals surface area contributed by atoms with Crippen LogP contribution in [0.4, 0.5) is 0 Å². The molecule has 3 aliphatic rings. The van der Waals surface area contributed by atoms with Crippen molar-refractivity contribution in [3.63, 3.8) is 0 Å². The summed E-state index contributed by atoms with van der Waals surface area (Å²) in [5.74, 6) is 0.941. The molecule has 0 N–H and O–H groups in total. The smallest absolute Gasteiger partial charge is 0.178 e. The first kappa shape index (κ1) is 14.5. The van der Waals surface area contributed by atoms with Crippen LogP contribution in [0.25, 0.3) is 0 Å². The molecule has 3 rings (SSSR count). The molecule has 2 fully saturated rings. The van der Waals surface area contributed by atoms with E-state index in [9.17, 15) is 0 Å². The standard InChI is InChI=1S/C17H31N2O/c1-18-16-7-3-2-6-15(12-16)13-17(18)14-20-11-10-19-8-4-5-9-19/h15-16H,2-14H2,1H3/q+1. The van der Waals surface area contributed by atoms with Crippen molar-refractivity contribution < 1.29 is 9.31 Å². The summed E-state index contributed by atoms with van der Waals surface area (Å²) in [6.07, 6.45) is 11.2. The summed E-state index contributed by atoms with van der Waals surface area (Å²) < 4.78 is 8.54. The molecule has 0 aromatic rings. The maximum atomic E-state index is 5.99. The second-order valence-electron chi connectivity index (χ2n) is 7.02. The van der Waals surface area contributed by atoms with Crippen LogP contribution >= 0.6 is 0 Å². The highest BCUT2D eigenvalue weighted by molar-refractivity contribution is 5.81. The van der Waals surface area contributed by atoms with Gasteiger partial charge in [0.05, 0.1) is 6.61 Å². The number of rotatable bonds is 5. The summed E-state index contributed by atoms with van der Waals surface area (Å²) in [6.45, 7) is 5.47. The molecule has 114 valence electrons. The molecule has 2 aliphatic heterocycles. The van der Waals surface area contributed by atoms with Crippen LogP contribution in [0.5, 0.6) is 0 Å². The van der Waals surface area contributed by atoms with Crippen molar-refractivity contribution in [1.82, 2.24) is 4.90 Å². The molecular weight excluding hydrogens is 248 g/mol. The van der Waals surface area contributed by atoms with Crippen molar-refractivity contribution in [2.45, 2.75) is 57.4 Å². The Kier molecular flexibility index (Phi) is 5.11. The Morgan fingerprint density at radius 2 is 1.95 bits per heavy atom. The first-order chi connectivity index (χ1) is 9.83. The van der Waals surface area contributed by atoms with Crippen LogP contribution < -0.4 is 0 Å². The Bertz CT molecular complexity index is 347. The zero-order valence-corrected chi connectivity index (χ0v) is 13.1. The third-order valence-corrected chi connectivity index (χ3v) is 5.60. The van der Waals surface area contributed by atoms with Gasteiger partial charge in [0.2, 0.25) is 0 Å². The molecule has 0 amide bonds. The van der Waals surface area contributed by atoms with E-state index in [0.29, 0.717) is 0 Å². The highest BCUT2D eigenvalue weighted by Gasteiger charge is 2.34. The van der Waals surface area contributed by atoms with E-state index in [1.807, 2.05) is 0 Å². The molecule has 1 saturated heterocycles. The van der Waals surface area contributed by atoms with Crippen molar-refractivity contribution in [1.29, 1.82) is 0 Å². The lowest BCUT2D eigenvalue weighted by Gasteiger charge is -2.25. The Morgan fingerprint density at radius 3 is 2.80 bits per heavy atom. The molecule has 2 atom stereocenters. The SMILES string of the molecule is C[N+]1=C(COCCN2CCCC2)CC2CCCCC1C2. The highest BCUT2D eigenvalue weighted by Crippen LogP contribution is 2.31. The molecule has 0 aromatic carbocycles. The van der Waals surface area contributed by atoms with Gasteiger partial charge in [0.15, 0.2) is 11.8 Å². The van der Waals surface area contributed by atoms with Crippen LogP contribution in [0.3, 0.4) is 0 Å². The van der Waals surface area contributed by atoms with Crippen molar-refractivity contribution in [2.24, 2.45) is 5.92 Å². The van der Waals surface area contributed by atoms with Crippen LogP contribution in [-0.4, -0.2) is 61.1 Å². The minimum Gasteiger partial charge on any atom is -0.370 e. The van der Waals surface area contributed by atoms with Gasteiger partial charge in [-0.05, 0) is 44.7 Å². The van der Waals surface area contributed by atoms with Gasteiger partial charge < -0.3 is 9.64 Å². The van der Waals surface area contributed by atoms with Crippen LogP contribution in [-0.2, 0) is 4.74 Å². The fourth-order valence-corrected chi connectivity index (χ4v) is 4.26. The third kappa shape index (κ3) is 3.62. The zero-order valence-electron chi connectivity index (χ0n) is 13.1. The maximum absolute atomic E-state index is 5.99. The molecule has 3 heteroatoms. The van der Waals surface area contributed by atoms with Gasteiger partial charge >= 0.3 is 0 Å². The molecule has 1 aliphatic carbocycles. The Hall–Kier alpha value is -0.410. The van der Waals surface area contributed by atoms with E-state index in [2.05, 4.69) is 16.5 Å². The quantitative estimate of drug-likeness (QED) is 0.568. The average Bonchev–Trinajstić information content (AvgIpc) is 2.88. The number of hydrogen-bond donors (Lipinski definition) is 0. The Balaban J connectivity index is 1.45. The largest absolute Gasteiger partial charge is 0.370 e. The molecule has 0 spiro atoms. The van der Waals surface area contributed by atoms with Crippen molar-refractivity contribution >= 4 is 5.71 Å². The molecule has 1 saturated carbocycles. The van der Waals surface area contributed by atoms with Gasteiger partial charge in [-0.1, -0.05) is 6.42 Å². The molecule has 3 nitrogen and oxygen atoms in total. The van der Waals surface area contributed by atoms with E-state index in [1.165, 1.54) is 64.5 Å². The lowest BCUT2D eigenvalue weighted by Crippen LogP contribution is -2.38. The molecular formula is C17H31N2O+. The van der Waals surface area contributed by atoms with Gasteiger partial charge in [0.25, 0.3) is 0 Å². The van der Waals surface area contributed by atoms with E-state index < -0.39 is 0 Å².